The first-order valence-electron chi connectivity index (χ1n) is 5.72. The largest absolute Gasteiger partial charge is 0.341 e. The number of imidazole rings is 1. The summed E-state index contributed by atoms with van der Waals surface area (Å²) in [5.41, 5.74) is 2.57. The van der Waals surface area contributed by atoms with Crippen LogP contribution in [0.25, 0.3) is 11.4 Å². The van der Waals surface area contributed by atoms with Crippen LogP contribution in [0, 0.1) is 12.7 Å². The first-order valence-corrected chi connectivity index (χ1v) is 5.72. The molecule has 17 heavy (non-hydrogen) atoms. The summed E-state index contributed by atoms with van der Waals surface area (Å²) in [5, 5.41) is 3.22. The number of aryl methyl sites for hydroxylation is 1. The molecule has 0 spiro atoms. The highest BCUT2D eigenvalue weighted by Crippen LogP contribution is 2.18. The number of aromatic nitrogens is 2. The SMILES string of the molecule is CCNCc1cnc(-c2ccc(F)c(C)c2)[nH]1. The third-order valence-electron chi connectivity index (χ3n) is 2.63. The van der Waals surface area contributed by atoms with Crippen molar-refractivity contribution in [2.24, 2.45) is 0 Å². The Hall–Kier alpha value is -1.68. The van der Waals surface area contributed by atoms with Gasteiger partial charge in [0.25, 0.3) is 0 Å². The van der Waals surface area contributed by atoms with Gasteiger partial charge < -0.3 is 10.3 Å². The predicted octanol–water partition coefficient (Wildman–Crippen LogP) is 2.63. The Bertz CT molecular complexity index is 505. The van der Waals surface area contributed by atoms with Gasteiger partial charge in [-0.2, -0.15) is 0 Å². The van der Waals surface area contributed by atoms with E-state index < -0.39 is 0 Å². The number of nitrogens with zero attached hydrogens (tertiary/aromatic N) is 1. The molecule has 0 atom stereocenters. The molecule has 2 aromatic rings. The second-order valence-corrected chi connectivity index (χ2v) is 4.00. The van der Waals surface area contributed by atoms with Crippen LogP contribution in [-0.4, -0.2) is 16.5 Å². The zero-order valence-electron chi connectivity index (χ0n) is 10.0. The molecule has 0 saturated heterocycles. The average molecular weight is 233 g/mol. The molecule has 2 N–H and O–H groups in total. The maximum atomic E-state index is 13.1. The first kappa shape index (κ1) is 11.8. The van der Waals surface area contributed by atoms with Crippen LogP contribution in [-0.2, 0) is 6.54 Å². The highest BCUT2D eigenvalue weighted by Gasteiger charge is 2.05. The highest BCUT2D eigenvalue weighted by atomic mass is 19.1. The summed E-state index contributed by atoms with van der Waals surface area (Å²) in [4.78, 5) is 7.51. The van der Waals surface area contributed by atoms with Crippen LogP contribution < -0.4 is 5.32 Å². The maximum absolute atomic E-state index is 13.1. The normalized spacial score (nSPS) is 10.8. The minimum atomic E-state index is -0.187. The van der Waals surface area contributed by atoms with Gasteiger partial charge in [0, 0.05) is 24.0 Å². The van der Waals surface area contributed by atoms with Crippen molar-refractivity contribution in [1.82, 2.24) is 15.3 Å². The Kier molecular flexibility index (Phi) is 3.54. The number of hydrogen-bond acceptors (Lipinski definition) is 2. The van der Waals surface area contributed by atoms with E-state index in [1.54, 1.807) is 25.3 Å². The fourth-order valence-corrected chi connectivity index (χ4v) is 1.65. The molecular weight excluding hydrogens is 217 g/mol. The van der Waals surface area contributed by atoms with Crippen molar-refractivity contribution in [2.75, 3.05) is 6.54 Å². The van der Waals surface area contributed by atoms with Crippen molar-refractivity contribution >= 4 is 0 Å². The third-order valence-corrected chi connectivity index (χ3v) is 2.63. The fourth-order valence-electron chi connectivity index (χ4n) is 1.65. The van der Waals surface area contributed by atoms with E-state index in [0.29, 0.717) is 5.56 Å². The van der Waals surface area contributed by atoms with Crippen LogP contribution >= 0.6 is 0 Å². The van der Waals surface area contributed by atoms with E-state index in [1.807, 2.05) is 0 Å². The molecule has 0 saturated carbocycles. The second kappa shape index (κ2) is 5.10. The lowest BCUT2D eigenvalue weighted by Crippen LogP contribution is -2.11. The molecular formula is C13H16FN3. The number of benzene rings is 1. The van der Waals surface area contributed by atoms with E-state index >= 15 is 0 Å². The van der Waals surface area contributed by atoms with Gasteiger partial charge in [0.05, 0.1) is 0 Å². The number of H-pyrrole nitrogens is 1. The van der Waals surface area contributed by atoms with Gasteiger partial charge in [0.1, 0.15) is 11.6 Å². The van der Waals surface area contributed by atoms with E-state index in [4.69, 9.17) is 0 Å². The molecule has 0 aliphatic rings. The molecule has 0 unspecified atom stereocenters. The van der Waals surface area contributed by atoms with E-state index in [9.17, 15) is 4.39 Å². The Labute approximate surface area is 100 Å². The molecule has 0 radical (unpaired) electrons. The molecule has 0 amide bonds. The lowest BCUT2D eigenvalue weighted by atomic mass is 10.1. The maximum Gasteiger partial charge on any atom is 0.137 e. The number of hydrogen-bond donors (Lipinski definition) is 2. The third kappa shape index (κ3) is 2.71. The van der Waals surface area contributed by atoms with Crippen molar-refractivity contribution in [3.63, 3.8) is 0 Å². The van der Waals surface area contributed by atoms with Crippen LogP contribution in [0.2, 0.25) is 0 Å². The second-order valence-electron chi connectivity index (χ2n) is 4.00. The van der Waals surface area contributed by atoms with Crippen molar-refractivity contribution in [2.45, 2.75) is 20.4 Å². The van der Waals surface area contributed by atoms with Crippen molar-refractivity contribution in [1.29, 1.82) is 0 Å². The molecule has 1 aromatic carbocycles. The monoisotopic (exact) mass is 233 g/mol. The average Bonchev–Trinajstić information content (AvgIpc) is 2.79. The summed E-state index contributed by atoms with van der Waals surface area (Å²) in [5.74, 6) is 0.592. The van der Waals surface area contributed by atoms with Gasteiger partial charge in [0.2, 0.25) is 0 Å². The van der Waals surface area contributed by atoms with Gasteiger partial charge in [0.15, 0.2) is 0 Å². The summed E-state index contributed by atoms with van der Waals surface area (Å²) >= 11 is 0. The van der Waals surface area contributed by atoms with Crippen LogP contribution in [0.3, 0.4) is 0 Å². The molecule has 0 bridgehead atoms. The summed E-state index contributed by atoms with van der Waals surface area (Å²) < 4.78 is 13.1. The highest BCUT2D eigenvalue weighted by molar-refractivity contribution is 5.56. The zero-order valence-corrected chi connectivity index (χ0v) is 10.0. The Morgan fingerprint density at radius 3 is 2.94 bits per heavy atom. The first-order chi connectivity index (χ1) is 8.20. The van der Waals surface area contributed by atoms with Crippen LogP contribution in [0.1, 0.15) is 18.2 Å². The van der Waals surface area contributed by atoms with Gasteiger partial charge in [-0.1, -0.05) is 6.92 Å². The molecule has 1 aromatic heterocycles. The molecule has 4 heteroatoms. The zero-order chi connectivity index (χ0) is 12.3. The number of rotatable bonds is 4. The number of halogens is 1. The topological polar surface area (TPSA) is 40.7 Å². The molecule has 0 aliphatic heterocycles. The van der Waals surface area contributed by atoms with E-state index in [2.05, 4.69) is 22.2 Å². The molecule has 2 rings (SSSR count). The Morgan fingerprint density at radius 1 is 1.41 bits per heavy atom. The lowest BCUT2D eigenvalue weighted by Gasteiger charge is -2.00. The fraction of sp³-hybridized carbons (Fsp3) is 0.308. The van der Waals surface area contributed by atoms with Gasteiger partial charge in [-0.05, 0) is 37.2 Å². The molecule has 1 heterocycles. The van der Waals surface area contributed by atoms with Crippen molar-refractivity contribution in [3.8, 4) is 11.4 Å². The predicted molar refractivity (Wildman–Crippen MR) is 66.1 cm³/mol. The van der Waals surface area contributed by atoms with E-state index in [0.717, 1.165) is 30.2 Å². The smallest absolute Gasteiger partial charge is 0.137 e. The molecule has 0 aliphatic carbocycles. The van der Waals surface area contributed by atoms with Crippen LogP contribution in [0.4, 0.5) is 4.39 Å². The summed E-state index contributed by atoms with van der Waals surface area (Å²) in [7, 11) is 0. The number of nitrogens with one attached hydrogen (secondary N) is 2. The number of aromatic amines is 1. The molecule has 0 fully saturated rings. The molecule has 90 valence electrons. The summed E-state index contributed by atoms with van der Waals surface area (Å²) in [6.45, 7) is 5.50. The minimum absolute atomic E-state index is 0.187. The van der Waals surface area contributed by atoms with E-state index in [1.165, 1.54) is 6.07 Å². The molecule has 3 nitrogen and oxygen atoms in total. The van der Waals surface area contributed by atoms with E-state index in [-0.39, 0.29) is 5.82 Å². The van der Waals surface area contributed by atoms with Crippen molar-refractivity contribution < 1.29 is 4.39 Å². The van der Waals surface area contributed by atoms with Crippen LogP contribution in [0.5, 0.6) is 0 Å². The lowest BCUT2D eigenvalue weighted by molar-refractivity contribution is 0.618. The van der Waals surface area contributed by atoms with Crippen LogP contribution in [0.15, 0.2) is 24.4 Å². The Morgan fingerprint density at radius 2 is 2.24 bits per heavy atom. The van der Waals surface area contributed by atoms with Gasteiger partial charge >= 0.3 is 0 Å². The Balaban J connectivity index is 2.21. The summed E-state index contributed by atoms with van der Waals surface area (Å²) in [6.07, 6.45) is 1.80. The van der Waals surface area contributed by atoms with Gasteiger partial charge in [-0.25, -0.2) is 9.37 Å². The van der Waals surface area contributed by atoms with Gasteiger partial charge in [-0.3, -0.25) is 0 Å². The summed E-state index contributed by atoms with van der Waals surface area (Å²) in [6, 6.07) is 5.00. The minimum Gasteiger partial charge on any atom is -0.341 e. The van der Waals surface area contributed by atoms with Crippen molar-refractivity contribution in [3.05, 3.63) is 41.5 Å². The van der Waals surface area contributed by atoms with Gasteiger partial charge in [-0.15, -0.1) is 0 Å². The quantitative estimate of drug-likeness (QED) is 0.852. The standard InChI is InChI=1S/C13H16FN3/c1-3-15-7-11-8-16-13(17-11)10-4-5-12(14)9(2)6-10/h4-6,8,15H,3,7H2,1-2H3,(H,16,17).